The molecule has 20 heavy (non-hydrogen) atoms. The maximum Gasteiger partial charge on any atom is 0.262 e. The number of sulfonamides is 1. The smallest absolute Gasteiger partial charge is 0.262 e. The number of aryl methyl sites for hydroxylation is 1. The van der Waals surface area contributed by atoms with Gasteiger partial charge < -0.3 is 5.73 Å². The van der Waals surface area contributed by atoms with E-state index < -0.39 is 15.8 Å². The lowest BCUT2D eigenvalue weighted by Gasteiger charge is -2.12. The molecule has 0 heterocycles. The topological polar surface area (TPSA) is 72.2 Å². The van der Waals surface area contributed by atoms with Crippen molar-refractivity contribution in [2.45, 2.75) is 11.8 Å². The average molecular weight is 315 g/mol. The minimum atomic E-state index is -3.91. The normalized spacial score (nSPS) is 11.3. The molecule has 0 saturated carbocycles. The molecule has 0 aliphatic carbocycles. The first kappa shape index (κ1) is 14.6. The van der Waals surface area contributed by atoms with E-state index in [0.29, 0.717) is 10.6 Å². The maximum absolute atomic E-state index is 13.2. The molecule has 0 fully saturated rings. The van der Waals surface area contributed by atoms with E-state index in [1.807, 2.05) is 0 Å². The third kappa shape index (κ3) is 3.02. The van der Waals surface area contributed by atoms with Crippen molar-refractivity contribution in [1.29, 1.82) is 0 Å². The SMILES string of the molecule is Cc1ccc(F)cc1S(=O)(=O)Nc1ccc(Cl)cc1N. The van der Waals surface area contributed by atoms with Crippen molar-refractivity contribution in [2.75, 3.05) is 10.5 Å². The van der Waals surface area contributed by atoms with E-state index >= 15 is 0 Å². The Morgan fingerprint density at radius 1 is 1.20 bits per heavy atom. The summed E-state index contributed by atoms with van der Waals surface area (Å²) in [5, 5.41) is 0.396. The van der Waals surface area contributed by atoms with E-state index in [2.05, 4.69) is 4.72 Å². The molecule has 4 nitrogen and oxygen atoms in total. The number of rotatable bonds is 3. The van der Waals surface area contributed by atoms with Gasteiger partial charge in [0, 0.05) is 5.02 Å². The standard InChI is InChI=1S/C13H12ClFN2O2S/c1-8-2-4-10(15)7-13(8)20(18,19)17-12-5-3-9(14)6-11(12)16/h2-7,17H,16H2,1H3. The summed E-state index contributed by atoms with van der Waals surface area (Å²) in [5.41, 5.74) is 6.51. The molecular weight excluding hydrogens is 303 g/mol. The zero-order valence-corrected chi connectivity index (χ0v) is 12.1. The van der Waals surface area contributed by atoms with Gasteiger partial charge in [0.25, 0.3) is 10.0 Å². The second kappa shape index (κ2) is 5.30. The highest BCUT2D eigenvalue weighted by atomic mass is 35.5. The van der Waals surface area contributed by atoms with Gasteiger partial charge in [-0.25, -0.2) is 12.8 Å². The van der Waals surface area contributed by atoms with Crippen LogP contribution in [0, 0.1) is 12.7 Å². The van der Waals surface area contributed by atoms with Gasteiger partial charge in [0.15, 0.2) is 0 Å². The second-order valence-electron chi connectivity index (χ2n) is 4.25. The molecule has 0 atom stereocenters. The van der Waals surface area contributed by atoms with Crippen molar-refractivity contribution in [2.24, 2.45) is 0 Å². The molecule has 0 unspecified atom stereocenters. The van der Waals surface area contributed by atoms with Crippen LogP contribution in [-0.2, 0) is 10.0 Å². The number of nitrogen functional groups attached to an aromatic ring is 1. The van der Waals surface area contributed by atoms with Crippen LogP contribution in [0.3, 0.4) is 0 Å². The minimum Gasteiger partial charge on any atom is -0.397 e. The lowest BCUT2D eigenvalue weighted by molar-refractivity contribution is 0.594. The minimum absolute atomic E-state index is 0.133. The van der Waals surface area contributed by atoms with E-state index in [1.165, 1.54) is 30.3 Å². The van der Waals surface area contributed by atoms with Crippen molar-refractivity contribution in [1.82, 2.24) is 0 Å². The van der Waals surface area contributed by atoms with Crippen LogP contribution in [0.4, 0.5) is 15.8 Å². The zero-order valence-electron chi connectivity index (χ0n) is 10.5. The van der Waals surface area contributed by atoms with Crippen LogP contribution in [0.2, 0.25) is 5.02 Å². The molecule has 7 heteroatoms. The first-order valence-electron chi connectivity index (χ1n) is 5.63. The molecule has 0 aromatic heterocycles. The van der Waals surface area contributed by atoms with Crippen LogP contribution in [0.1, 0.15) is 5.56 Å². The number of nitrogens with two attached hydrogens (primary N) is 1. The molecule has 0 bridgehead atoms. The van der Waals surface area contributed by atoms with Gasteiger partial charge in [-0.15, -0.1) is 0 Å². The van der Waals surface area contributed by atoms with E-state index in [1.54, 1.807) is 6.92 Å². The second-order valence-corrected chi connectivity index (χ2v) is 6.33. The summed E-state index contributed by atoms with van der Waals surface area (Å²) in [7, 11) is -3.91. The molecule has 106 valence electrons. The van der Waals surface area contributed by atoms with Crippen molar-refractivity contribution < 1.29 is 12.8 Å². The molecule has 0 radical (unpaired) electrons. The number of benzene rings is 2. The van der Waals surface area contributed by atoms with Gasteiger partial charge in [0.05, 0.1) is 16.3 Å². The molecule has 2 aromatic carbocycles. The van der Waals surface area contributed by atoms with E-state index in [4.69, 9.17) is 17.3 Å². The van der Waals surface area contributed by atoms with Crippen LogP contribution in [0.5, 0.6) is 0 Å². The number of nitrogens with one attached hydrogen (secondary N) is 1. The highest BCUT2D eigenvalue weighted by molar-refractivity contribution is 7.92. The van der Waals surface area contributed by atoms with Crippen LogP contribution >= 0.6 is 11.6 Å². The highest BCUT2D eigenvalue weighted by Gasteiger charge is 2.18. The third-order valence-electron chi connectivity index (χ3n) is 2.70. The molecule has 0 aliphatic heterocycles. The van der Waals surface area contributed by atoms with Gasteiger partial charge >= 0.3 is 0 Å². The summed E-state index contributed by atoms with van der Waals surface area (Å²) in [6.45, 7) is 1.58. The summed E-state index contributed by atoms with van der Waals surface area (Å²) in [6.07, 6.45) is 0. The number of anilines is 2. The molecule has 0 saturated heterocycles. The summed E-state index contributed by atoms with van der Waals surface area (Å²) < 4.78 is 40.0. The van der Waals surface area contributed by atoms with Crippen LogP contribution < -0.4 is 10.5 Å². The maximum atomic E-state index is 13.2. The van der Waals surface area contributed by atoms with E-state index in [-0.39, 0.29) is 16.3 Å². The molecule has 0 aliphatic rings. The van der Waals surface area contributed by atoms with Crippen molar-refractivity contribution in [3.8, 4) is 0 Å². The summed E-state index contributed by atoms with van der Waals surface area (Å²) in [6, 6.07) is 7.94. The van der Waals surface area contributed by atoms with Gasteiger partial charge in [-0.2, -0.15) is 0 Å². The van der Waals surface area contributed by atoms with Gasteiger partial charge in [-0.05, 0) is 42.8 Å². The fraction of sp³-hybridized carbons (Fsp3) is 0.0769. The predicted octanol–water partition coefficient (Wildman–Crippen LogP) is 3.17. The predicted molar refractivity (Wildman–Crippen MR) is 77.8 cm³/mol. The number of hydrogen-bond acceptors (Lipinski definition) is 3. The molecule has 2 rings (SSSR count). The molecular formula is C13H12ClFN2O2S. The van der Waals surface area contributed by atoms with Crippen LogP contribution in [-0.4, -0.2) is 8.42 Å². The Hall–Kier alpha value is -1.79. The van der Waals surface area contributed by atoms with E-state index in [0.717, 1.165) is 6.07 Å². The lowest BCUT2D eigenvalue weighted by atomic mass is 10.2. The lowest BCUT2D eigenvalue weighted by Crippen LogP contribution is -2.15. The molecule has 3 N–H and O–H groups in total. The Morgan fingerprint density at radius 2 is 1.90 bits per heavy atom. The third-order valence-corrected chi connectivity index (χ3v) is 4.44. The fourth-order valence-corrected chi connectivity index (χ4v) is 3.22. The fourth-order valence-electron chi connectivity index (χ4n) is 1.69. The molecule has 0 amide bonds. The monoisotopic (exact) mass is 314 g/mol. The number of halogens is 2. The first-order valence-corrected chi connectivity index (χ1v) is 7.50. The summed E-state index contributed by atoms with van der Waals surface area (Å²) in [4.78, 5) is -0.133. The van der Waals surface area contributed by atoms with E-state index in [9.17, 15) is 12.8 Å². The Kier molecular flexibility index (Phi) is 3.87. The van der Waals surface area contributed by atoms with Gasteiger partial charge in [-0.1, -0.05) is 17.7 Å². The highest BCUT2D eigenvalue weighted by Crippen LogP contribution is 2.26. The van der Waals surface area contributed by atoms with Gasteiger partial charge in [0.2, 0.25) is 0 Å². The largest absolute Gasteiger partial charge is 0.397 e. The number of hydrogen-bond donors (Lipinski definition) is 2. The van der Waals surface area contributed by atoms with Crippen molar-refractivity contribution in [3.05, 3.63) is 52.8 Å². The first-order chi connectivity index (χ1) is 9.29. The Labute approximate surface area is 121 Å². The zero-order chi connectivity index (χ0) is 14.9. The van der Waals surface area contributed by atoms with Crippen molar-refractivity contribution in [3.63, 3.8) is 0 Å². The van der Waals surface area contributed by atoms with Crippen LogP contribution in [0.25, 0.3) is 0 Å². The Bertz CT molecular complexity index is 763. The Morgan fingerprint density at radius 3 is 2.55 bits per heavy atom. The summed E-state index contributed by atoms with van der Waals surface area (Å²) >= 11 is 5.74. The van der Waals surface area contributed by atoms with Gasteiger partial charge in [0.1, 0.15) is 5.82 Å². The molecule has 0 spiro atoms. The Balaban J connectivity index is 2.43. The average Bonchev–Trinajstić information content (AvgIpc) is 2.35. The van der Waals surface area contributed by atoms with Crippen molar-refractivity contribution >= 4 is 33.0 Å². The summed E-state index contributed by atoms with van der Waals surface area (Å²) in [5.74, 6) is -0.625. The molecule has 2 aromatic rings. The quantitative estimate of drug-likeness (QED) is 0.855. The van der Waals surface area contributed by atoms with Crippen LogP contribution in [0.15, 0.2) is 41.3 Å². The van der Waals surface area contributed by atoms with Gasteiger partial charge in [-0.3, -0.25) is 4.72 Å².